The summed E-state index contributed by atoms with van der Waals surface area (Å²) in [6.45, 7) is 4.56. The summed E-state index contributed by atoms with van der Waals surface area (Å²) in [7, 11) is 0. The number of rotatable bonds is 9. The summed E-state index contributed by atoms with van der Waals surface area (Å²) in [5.74, 6) is -1.46. The number of carbonyl (C=O) groups is 2. The minimum Gasteiger partial charge on any atom is -0.456 e. The smallest absolute Gasteiger partial charge is 0.336 e. The van der Waals surface area contributed by atoms with E-state index in [1.807, 2.05) is 6.92 Å². The predicted molar refractivity (Wildman–Crippen MR) is 162 cm³/mol. The number of fused-ring (bicyclic) bond motifs is 2. The molecule has 4 aliphatic heterocycles. The van der Waals surface area contributed by atoms with Crippen LogP contribution < -0.4 is 22.1 Å². The highest BCUT2D eigenvalue weighted by molar-refractivity contribution is 5.88. The van der Waals surface area contributed by atoms with Crippen molar-refractivity contribution in [3.8, 4) is 0 Å². The molecule has 1 aliphatic carbocycles. The van der Waals surface area contributed by atoms with Gasteiger partial charge in [0.25, 0.3) is 0 Å². The van der Waals surface area contributed by atoms with Crippen LogP contribution in [0.15, 0.2) is 11.6 Å². The van der Waals surface area contributed by atoms with Gasteiger partial charge in [-0.15, -0.1) is 0 Å². The minimum absolute atomic E-state index is 0.00134. The van der Waals surface area contributed by atoms with Gasteiger partial charge in [-0.05, 0) is 90.1 Å². The van der Waals surface area contributed by atoms with Crippen LogP contribution in [-0.2, 0) is 23.8 Å². The summed E-state index contributed by atoms with van der Waals surface area (Å²) in [4.78, 5) is 26.6. The normalized spacial score (nSPS) is 44.9. The number of piperidine rings is 2. The lowest BCUT2D eigenvalue weighted by atomic mass is 9.60. The van der Waals surface area contributed by atoms with Gasteiger partial charge in [-0.1, -0.05) is 6.08 Å². The minimum atomic E-state index is -1.04. The first kappa shape index (κ1) is 33.9. The molecule has 250 valence electrons. The second kappa shape index (κ2) is 14.5. The van der Waals surface area contributed by atoms with E-state index in [2.05, 4.69) is 10.6 Å². The third-order valence-corrected chi connectivity index (χ3v) is 11.1. The molecular formula is C32H54N4O8. The van der Waals surface area contributed by atoms with Gasteiger partial charge in [0.1, 0.15) is 17.5 Å². The molecule has 12 heteroatoms. The monoisotopic (exact) mass is 622 g/mol. The van der Waals surface area contributed by atoms with Crippen LogP contribution in [0.5, 0.6) is 0 Å². The Morgan fingerprint density at radius 3 is 2.57 bits per heavy atom. The predicted octanol–water partition coefficient (Wildman–Crippen LogP) is 0.0655. The fourth-order valence-electron chi connectivity index (χ4n) is 8.50. The number of nitrogens with one attached hydrogen (secondary N) is 2. The Morgan fingerprint density at radius 2 is 1.91 bits per heavy atom. The standard InChI is InChI=1S/C32H54N4O8/c1-3-19(15-37)31(41)43-24-13-21-28(40)27-23(39)12-20(16-38)42-30(27)22(10-18-7-9-35-26(34)11-18)29(21)44-32(24,2)8-6-17-4-5-25(33)36-14-17/h3,17-18,20-22,24-30,35-38,40H,4-16,33-34H2,1-2H3/t17?,18?,20?,21?,22?,24-,25?,26?,27?,28?,29?,30?,32-/m0/s1. The number of allylic oxidation sites excluding steroid dienone is 1. The molecule has 5 aliphatic rings. The number of nitrogens with two attached hydrogens (primary N) is 2. The number of hydrogen-bond donors (Lipinski definition) is 7. The Balaban J connectivity index is 1.45. The summed E-state index contributed by atoms with van der Waals surface area (Å²) in [6.07, 6.45) is 4.19. The summed E-state index contributed by atoms with van der Waals surface area (Å²) >= 11 is 0. The van der Waals surface area contributed by atoms with Crippen molar-refractivity contribution in [3.05, 3.63) is 11.6 Å². The SMILES string of the molecule is CC=C(CO)C(=O)O[C@H]1CC2C(O)C3C(=O)CC(CO)OC3C(CC3CCNC(N)C3)C2O[C@@]1(C)CCC1CCC(N)NC1. The van der Waals surface area contributed by atoms with E-state index in [1.54, 1.807) is 13.0 Å². The molecule has 4 saturated heterocycles. The highest BCUT2D eigenvalue weighted by Gasteiger charge is 2.61. The third kappa shape index (κ3) is 7.24. The molecule has 0 bridgehead atoms. The molecule has 11 unspecified atom stereocenters. The quantitative estimate of drug-likeness (QED) is 0.135. The first-order valence-electron chi connectivity index (χ1n) is 16.7. The first-order chi connectivity index (χ1) is 21.1. The summed E-state index contributed by atoms with van der Waals surface area (Å²) in [6, 6.07) is 0. The Bertz CT molecular complexity index is 1040. The number of aliphatic hydroxyl groups is 3. The highest BCUT2D eigenvalue weighted by atomic mass is 16.6. The molecule has 44 heavy (non-hydrogen) atoms. The topological polar surface area (TPSA) is 199 Å². The fraction of sp³-hybridized carbons (Fsp3) is 0.875. The Morgan fingerprint density at radius 1 is 1.11 bits per heavy atom. The average molecular weight is 623 g/mol. The Kier molecular flexibility index (Phi) is 11.2. The lowest BCUT2D eigenvalue weighted by Gasteiger charge is -2.58. The van der Waals surface area contributed by atoms with Gasteiger partial charge in [0, 0.05) is 18.3 Å². The zero-order chi connectivity index (χ0) is 31.6. The molecule has 13 atom stereocenters. The Hall–Kier alpha value is -1.48. The largest absolute Gasteiger partial charge is 0.456 e. The molecule has 5 fully saturated rings. The molecule has 0 aromatic carbocycles. The maximum absolute atomic E-state index is 13.5. The zero-order valence-electron chi connectivity index (χ0n) is 26.2. The summed E-state index contributed by atoms with van der Waals surface area (Å²) in [5.41, 5.74) is 11.6. The molecule has 4 heterocycles. The van der Waals surface area contributed by atoms with Crippen LogP contribution in [0.4, 0.5) is 0 Å². The molecule has 9 N–H and O–H groups in total. The van der Waals surface area contributed by atoms with E-state index in [4.69, 9.17) is 25.7 Å². The lowest BCUT2D eigenvalue weighted by Crippen LogP contribution is -2.68. The molecule has 0 radical (unpaired) electrons. The van der Waals surface area contributed by atoms with Crippen LogP contribution in [-0.4, -0.2) is 102 Å². The van der Waals surface area contributed by atoms with Crippen LogP contribution in [0.1, 0.15) is 71.6 Å². The molecule has 0 amide bonds. The zero-order valence-corrected chi connectivity index (χ0v) is 26.2. The van der Waals surface area contributed by atoms with Gasteiger partial charge in [0.2, 0.25) is 0 Å². The van der Waals surface area contributed by atoms with E-state index in [0.717, 1.165) is 45.2 Å². The van der Waals surface area contributed by atoms with E-state index < -0.39 is 60.5 Å². The van der Waals surface area contributed by atoms with Gasteiger partial charge in [-0.3, -0.25) is 4.79 Å². The summed E-state index contributed by atoms with van der Waals surface area (Å²) < 4.78 is 19.6. The van der Waals surface area contributed by atoms with Crippen LogP contribution >= 0.6 is 0 Å². The fourth-order valence-corrected chi connectivity index (χ4v) is 8.50. The molecular weight excluding hydrogens is 568 g/mol. The van der Waals surface area contributed by atoms with Crippen LogP contribution in [0, 0.1) is 29.6 Å². The second-order valence-electron chi connectivity index (χ2n) is 14.1. The van der Waals surface area contributed by atoms with Gasteiger partial charge in [-0.25, -0.2) is 4.79 Å². The first-order valence-corrected chi connectivity index (χ1v) is 16.7. The molecule has 5 rings (SSSR count). The van der Waals surface area contributed by atoms with Crippen molar-refractivity contribution in [2.24, 2.45) is 41.1 Å². The average Bonchev–Trinajstić information content (AvgIpc) is 3.00. The Labute approximate surface area is 260 Å². The molecule has 0 aromatic heterocycles. The highest BCUT2D eigenvalue weighted by Crippen LogP contribution is 2.52. The maximum atomic E-state index is 13.5. The molecule has 0 spiro atoms. The van der Waals surface area contributed by atoms with Crippen molar-refractivity contribution >= 4 is 11.8 Å². The number of Topliss-reactive ketones (excluding diaryl/α,β-unsaturated/α-hetero) is 1. The van der Waals surface area contributed by atoms with Crippen molar-refractivity contribution in [2.45, 2.75) is 120 Å². The van der Waals surface area contributed by atoms with Crippen molar-refractivity contribution in [1.82, 2.24) is 10.6 Å². The van der Waals surface area contributed by atoms with E-state index in [1.165, 1.54) is 0 Å². The second-order valence-corrected chi connectivity index (χ2v) is 14.1. The number of esters is 1. The van der Waals surface area contributed by atoms with Gasteiger partial charge >= 0.3 is 5.97 Å². The van der Waals surface area contributed by atoms with Crippen LogP contribution in [0.25, 0.3) is 0 Å². The van der Waals surface area contributed by atoms with Gasteiger partial charge in [0.15, 0.2) is 0 Å². The van der Waals surface area contributed by atoms with Crippen molar-refractivity contribution in [1.29, 1.82) is 0 Å². The molecule has 0 aromatic rings. The van der Waals surface area contributed by atoms with E-state index in [0.29, 0.717) is 25.2 Å². The number of aliphatic hydroxyl groups excluding tert-OH is 3. The third-order valence-electron chi connectivity index (χ3n) is 11.1. The number of ether oxygens (including phenoxy) is 3. The number of ketones is 1. The number of hydrogen-bond acceptors (Lipinski definition) is 12. The van der Waals surface area contributed by atoms with Crippen molar-refractivity contribution < 1.29 is 39.1 Å². The molecule has 1 saturated carbocycles. The van der Waals surface area contributed by atoms with E-state index >= 15 is 0 Å². The van der Waals surface area contributed by atoms with Crippen molar-refractivity contribution in [3.63, 3.8) is 0 Å². The van der Waals surface area contributed by atoms with E-state index in [9.17, 15) is 24.9 Å². The lowest BCUT2D eigenvalue weighted by molar-refractivity contribution is -0.286. The molecule has 12 nitrogen and oxygen atoms in total. The van der Waals surface area contributed by atoms with Crippen LogP contribution in [0.3, 0.4) is 0 Å². The number of carbonyl (C=O) groups excluding carboxylic acids is 2. The van der Waals surface area contributed by atoms with Gasteiger partial charge in [0.05, 0.1) is 61.5 Å². The van der Waals surface area contributed by atoms with Gasteiger partial charge in [-0.2, -0.15) is 0 Å². The maximum Gasteiger partial charge on any atom is 0.336 e. The van der Waals surface area contributed by atoms with Crippen molar-refractivity contribution in [2.75, 3.05) is 26.3 Å². The van der Waals surface area contributed by atoms with Crippen LogP contribution in [0.2, 0.25) is 0 Å². The van der Waals surface area contributed by atoms with E-state index in [-0.39, 0.29) is 48.6 Å². The van der Waals surface area contributed by atoms with Gasteiger partial charge < -0.3 is 51.6 Å². The summed E-state index contributed by atoms with van der Waals surface area (Å²) in [5, 5.41) is 38.2.